The highest BCUT2D eigenvalue weighted by atomic mass is 19.4. The van der Waals surface area contributed by atoms with Crippen LogP contribution < -0.4 is 4.74 Å². The Hall–Kier alpha value is -2.49. The average molecular weight is 295 g/mol. The minimum atomic E-state index is -4.79. The molecule has 0 atom stereocenters. The van der Waals surface area contributed by atoms with Gasteiger partial charge in [-0.1, -0.05) is 6.92 Å². The van der Waals surface area contributed by atoms with Crippen molar-refractivity contribution in [3.05, 3.63) is 36.2 Å². The lowest BCUT2D eigenvalue weighted by molar-refractivity contribution is -0.274. The number of benzene rings is 1. The first-order valence-electron chi connectivity index (χ1n) is 6.25. The quantitative estimate of drug-likeness (QED) is 0.863. The minimum Gasteiger partial charge on any atom is -0.406 e. The van der Waals surface area contributed by atoms with E-state index in [-0.39, 0.29) is 5.56 Å². The van der Waals surface area contributed by atoms with E-state index >= 15 is 0 Å². The number of nitrogens with zero attached hydrogens (tertiary/aromatic N) is 3. The van der Waals surface area contributed by atoms with Crippen molar-refractivity contribution in [2.45, 2.75) is 26.3 Å². The van der Waals surface area contributed by atoms with E-state index in [2.05, 4.69) is 9.84 Å². The second kappa shape index (κ2) is 5.87. The second-order valence-corrected chi connectivity index (χ2v) is 4.40. The molecule has 1 heterocycles. The zero-order valence-electron chi connectivity index (χ0n) is 11.2. The van der Waals surface area contributed by atoms with Gasteiger partial charge in [0, 0.05) is 18.3 Å². The van der Waals surface area contributed by atoms with Crippen molar-refractivity contribution < 1.29 is 17.9 Å². The largest absolute Gasteiger partial charge is 0.573 e. The van der Waals surface area contributed by atoms with Crippen LogP contribution >= 0.6 is 0 Å². The van der Waals surface area contributed by atoms with Gasteiger partial charge in [-0.2, -0.15) is 10.4 Å². The van der Waals surface area contributed by atoms with Crippen LogP contribution in [0, 0.1) is 11.3 Å². The van der Waals surface area contributed by atoms with Crippen molar-refractivity contribution in [1.29, 1.82) is 5.26 Å². The molecule has 0 saturated heterocycles. The van der Waals surface area contributed by atoms with Gasteiger partial charge in [0.05, 0.1) is 17.8 Å². The topological polar surface area (TPSA) is 50.8 Å². The summed E-state index contributed by atoms with van der Waals surface area (Å²) in [5.41, 5.74) is 1.18. The summed E-state index contributed by atoms with van der Waals surface area (Å²) in [6, 6.07) is 5.60. The summed E-state index contributed by atoms with van der Waals surface area (Å²) in [7, 11) is 0. The maximum absolute atomic E-state index is 12.3. The van der Waals surface area contributed by atoms with Crippen LogP contribution in [0.1, 0.15) is 18.9 Å². The van der Waals surface area contributed by atoms with E-state index in [1.54, 1.807) is 17.1 Å². The van der Waals surface area contributed by atoms with Gasteiger partial charge in [-0.15, -0.1) is 13.2 Å². The maximum Gasteiger partial charge on any atom is 0.573 e. The molecule has 0 aliphatic carbocycles. The first kappa shape index (κ1) is 14.9. The first-order chi connectivity index (χ1) is 9.91. The Kier molecular flexibility index (Phi) is 4.17. The fourth-order valence-electron chi connectivity index (χ4n) is 1.89. The Morgan fingerprint density at radius 3 is 2.67 bits per heavy atom. The lowest BCUT2D eigenvalue weighted by Crippen LogP contribution is -2.17. The smallest absolute Gasteiger partial charge is 0.406 e. The molecule has 0 unspecified atom stereocenters. The standard InChI is InChI=1S/C14H12F3N3O/c1-2-3-20-9-12(8-19-20)11-4-10(7-18)5-13(6-11)21-14(15,16)17/h4-6,8-9H,2-3H2,1H3. The molecule has 110 valence electrons. The molecule has 4 nitrogen and oxygen atoms in total. The number of nitriles is 1. The molecule has 0 saturated carbocycles. The van der Waals surface area contributed by atoms with Crippen molar-refractivity contribution in [3.63, 3.8) is 0 Å². The van der Waals surface area contributed by atoms with Crippen LogP contribution in [0.3, 0.4) is 0 Å². The number of aromatic nitrogens is 2. The molecule has 0 aliphatic rings. The summed E-state index contributed by atoms with van der Waals surface area (Å²) >= 11 is 0. The molecule has 21 heavy (non-hydrogen) atoms. The monoisotopic (exact) mass is 295 g/mol. The molecule has 2 aromatic rings. The van der Waals surface area contributed by atoms with Gasteiger partial charge in [0.25, 0.3) is 0 Å². The van der Waals surface area contributed by atoms with Crippen LogP contribution in [0.25, 0.3) is 11.1 Å². The highest BCUT2D eigenvalue weighted by Crippen LogP contribution is 2.29. The molecule has 0 spiro atoms. The number of aryl methyl sites for hydroxylation is 1. The van der Waals surface area contributed by atoms with Gasteiger partial charge in [0.1, 0.15) is 5.75 Å². The Labute approximate surface area is 119 Å². The Bertz CT molecular complexity index is 671. The van der Waals surface area contributed by atoms with Crippen LogP contribution in [0.15, 0.2) is 30.6 Å². The van der Waals surface area contributed by atoms with Crippen LogP contribution in [-0.2, 0) is 6.54 Å². The Balaban J connectivity index is 2.38. The molecule has 0 amide bonds. The zero-order valence-corrected chi connectivity index (χ0v) is 11.2. The van der Waals surface area contributed by atoms with E-state index in [1.165, 1.54) is 12.1 Å². The van der Waals surface area contributed by atoms with Crippen molar-refractivity contribution >= 4 is 0 Å². The third-order valence-electron chi connectivity index (χ3n) is 2.69. The molecule has 0 aliphatic heterocycles. The molecule has 0 fully saturated rings. The minimum absolute atomic E-state index is 0.0926. The lowest BCUT2D eigenvalue weighted by Gasteiger charge is -2.10. The second-order valence-electron chi connectivity index (χ2n) is 4.40. The number of hydrogen-bond donors (Lipinski definition) is 0. The number of halogens is 3. The van der Waals surface area contributed by atoms with E-state index in [0.717, 1.165) is 12.5 Å². The van der Waals surface area contributed by atoms with E-state index in [1.807, 2.05) is 13.0 Å². The summed E-state index contributed by atoms with van der Waals surface area (Å²) in [6.07, 6.45) is -0.638. The van der Waals surface area contributed by atoms with E-state index in [4.69, 9.17) is 5.26 Å². The molecular formula is C14H12F3N3O. The van der Waals surface area contributed by atoms with Gasteiger partial charge in [-0.3, -0.25) is 4.68 Å². The Morgan fingerprint density at radius 2 is 2.05 bits per heavy atom. The average Bonchev–Trinajstić information content (AvgIpc) is 2.85. The molecule has 7 heteroatoms. The van der Waals surface area contributed by atoms with Crippen molar-refractivity contribution in [3.8, 4) is 22.9 Å². The van der Waals surface area contributed by atoms with Crippen molar-refractivity contribution in [1.82, 2.24) is 9.78 Å². The fourth-order valence-corrected chi connectivity index (χ4v) is 1.89. The summed E-state index contributed by atoms with van der Waals surface area (Å²) < 4.78 is 42.5. The molecule has 1 aromatic carbocycles. The SMILES string of the molecule is CCCn1cc(-c2cc(C#N)cc(OC(F)(F)F)c2)cn1. The molecular weight excluding hydrogens is 283 g/mol. The summed E-state index contributed by atoms with van der Waals surface area (Å²) in [6.45, 7) is 2.71. The fraction of sp³-hybridized carbons (Fsp3) is 0.286. The summed E-state index contributed by atoms with van der Waals surface area (Å²) in [5, 5.41) is 13.0. The van der Waals surface area contributed by atoms with Gasteiger partial charge in [0.15, 0.2) is 0 Å². The van der Waals surface area contributed by atoms with Gasteiger partial charge in [0.2, 0.25) is 0 Å². The van der Waals surface area contributed by atoms with Crippen molar-refractivity contribution in [2.75, 3.05) is 0 Å². The highest BCUT2D eigenvalue weighted by molar-refractivity contribution is 5.66. The molecule has 2 rings (SSSR count). The number of alkyl halides is 3. The number of ether oxygens (including phenoxy) is 1. The van der Waals surface area contributed by atoms with Gasteiger partial charge in [-0.05, 0) is 30.2 Å². The zero-order chi connectivity index (χ0) is 15.5. The van der Waals surface area contributed by atoms with E-state index < -0.39 is 12.1 Å². The summed E-state index contributed by atoms with van der Waals surface area (Å²) in [4.78, 5) is 0. The first-order valence-corrected chi connectivity index (χ1v) is 6.25. The van der Waals surface area contributed by atoms with Gasteiger partial charge < -0.3 is 4.74 Å². The lowest BCUT2D eigenvalue weighted by atomic mass is 10.1. The number of hydrogen-bond acceptors (Lipinski definition) is 3. The highest BCUT2D eigenvalue weighted by Gasteiger charge is 2.31. The van der Waals surface area contributed by atoms with Crippen LogP contribution in [0.5, 0.6) is 5.75 Å². The van der Waals surface area contributed by atoms with Crippen LogP contribution in [0.2, 0.25) is 0 Å². The molecule has 0 N–H and O–H groups in total. The normalized spacial score (nSPS) is 11.2. The number of rotatable bonds is 4. The molecule has 0 radical (unpaired) electrons. The van der Waals surface area contributed by atoms with Crippen molar-refractivity contribution in [2.24, 2.45) is 0 Å². The predicted octanol–water partition coefficient (Wildman–Crippen LogP) is 3.73. The predicted molar refractivity (Wildman–Crippen MR) is 69.4 cm³/mol. The van der Waals surface area contributed by atoms with Gasteiger partial charge >= 0.3 is 6.36 Å². The maximum atomic E-state index is 12.3. The third kappa shape index (κ3) is 3.99. The van der Waals surface area contributed by atoms with Crippen LogP contribution in [0.4, 0.5) is 13.2 Å². The molecule has 0 bridgehead atoms. The summed E-state index contributed by atoms with van der Waals surface area (Å²) in [5.74, 6) is -0.417. The third-order valence-corrected chi connectivity index (χ3v) is 2.69. The Morgan fingerprint density at radius 1 is 1.29 bits per heavy atom. The van der Waals surface area contributed by atoms with E-state index in [9.17, 15) is 13.2 Å². The molecule has 1 aromatic heterocycles. The van der Waals surface area contributed by atoms with Crippen LogP contribution in [-0.4, -0.2) is 16.1 Å². The van der Waals surface area contributed by atoms with E-state index in [0.29, 0.717) is 17.7 Å². The van der Waals surface area contributed by atoms with Gasteiger partial charge in [-0.25, -0.2) is 0 Å².